The number of nitrogens with one attached hydrogen (secondary N) is 1. The predicted molar refractivity (Wildman–Crippen MR) is 99.0 cm³/mol. The lowest BCUT2D eigenvalue weighted by Crippen LogP contribution is -2.26. The number of carbonyl (C=O) groups is 1. The molecule has 3 rings (SSSR count). The third-order valence-corrected chi connectivity index (χ3v) is 5.29. The van der Waals surface area contributed by atoms with Gasteiger partial charge in [-0.05, 0) is 31.0 Å². The summed E-state index contributed by atoms with van der Waals surface area (Å²) in [5.41, 5.74) is 1.34. The number of halogens is 1. The van der Waals surface area contributed by atoms with E-state index in [0.717, 1.165) is 0 Å². The molecule has 0 aliphatic heterocycles. The molecule has 25 heavy (non-hydrogen) atoms. The summed E-state index contributed by atoms with van der Waals surface area (Å²) in [7, 11) is 0. The molecule has 0 spiro atoms. The van der Waals surface area contributed by atoms with E-state index in [1.807, 2.05) is 29.6 Å². The quantitative estimate of drug-likeness (QED) is 0.676. The molecule has 3 aromatic rings. The Kier molecular flexibility index (Phi) is 5.20. The van der Waals surface area contributed by atoms with Gasteiger partial charge in [0.2, 0.25) is 11.7 Å². The molecule has 1 aromatic carbocycles. The lowest BCUT2D eigenvalue weighted by atomic mass is 10.1. The van der Waals surface area contributed by atoms with Crippen molar-refractivity contribution in [2.24, 2.45) is 0 Å². The molecule has 130 valence electrons. The summed E-state index contributed by atoms with van der Waals surface area (Å²) < 4.78 is 5.28. The molecule has 1 atom stereocenters. The number of nitrogens with zero attached hydrogens (tertiary/aromatic N) is 2. The summed E-state index contributed by atoms with van der Waals surface area (Å²) >= 11 is 7.73. The average Bonchev–Trinajstić information content (AvgIpc) is 3.25. The van der Waals surface area contributed by atoms with E-state index in [1.54, 1.807) is 24.3 Å². The average molecular weight is 376 g/mol. The molecule has 0 saturated carbocycles. The number of aromatic nitrogens is 2. The van der Waals surface area contributed by atoms with Crippen LogP contribution in [-0.4, -0.2) is 16.0 Å². The van der Waals surface area contributed by atoms with Crippen molar-refractivity contribution in [3.05, 3.63) is 57.1 Å². The van der Waals surface area contributed by atoms with Gasteiger partial charge in [0.15, 0.2) is 0 Å². The summed E-state index contributed by atoms with van der Waals surface area (Å²) in [6, 6.07) is 8.78. The first-order chi connectivity index (χ1) is 12.0. The summed E-state index contributed by atoms with van der Waals surface area (Å²) in [6.45, 7) is 6.01. The fraction of sp³-hybridized carbons (Fsp3) is 0.278. The van der Waals surface area contributed by atoms with E-state index in [-0.39, 0.29) is 5.91 Å². The molecule has 0 fully saturated rings. The Labute approximate surface area is 155 Å². The zero-order chi connectivity index (χ0) is 18.0. The van der Waals surface area contributed by atoms with Gasteiger partial charge in [-0.3, -0.25) is 4.79 Å². The Balaban J connectivity index is 1.72. The monoisotopic (exact) mass is 375 g/mol. The van der Waals surface area contributed by atoms with E-state index in [2.05, 4.69) is 29.3 Å². The minimum absolute atomic E-state index is 0.159. The van der Waals surface area contributed by atoms with E-state index in [0.29, 0.717) is 33.8 Å². The van der Waals surface area contributed by atoms with Gasteiger partial charge in [0, 0.05) is 15.8 Å². The van der Waals surface area contributed by atoms with Crippen molar-refractivity contribution in [2.45, 2.75) is 32.7 Å². The van der Waals surface area contributed by atoms with E-state index in [4.69, 9.17) is 16.1 Å². The van der Waals surface area contributed by atoms with E-state index >= 15 is 0 Å². The maximum Gasteiger partial charge on any atom is 0.252 e. The van der Waals surface area contributed by atoms with E-state index < -0.39 is 6.04 Å². The SMILES string of the molecule is CC(C)c1cc(C(=O)N[C@H](C)c2nc(-c3ccccc3Cl)no2)cs1. The van der Waals surface area contributed by atoms with Crippen molar-refractivity contribution >= 4 is 28.8 Å². The summed E-state index contributed by atoms with van der Waals surface area (Å²) in [4.78, 5) is 17.9. The third kappa shape index (κ3) is 3.91. The fourth-order valence-electron chi connectivity index (χ4n) is 2.28. The highest BCUT2D eigenvalue weighted by molar-refractivity contribution is 7.10. The van der Waals surface area contributed by atoms with Crippen LogP contribution in [0.1, 0.15) is 53.9 Å². The first kappa shape index (κ1) is 17.6. The molecule has 0 saturated heterocycles. The van der Waals surface area contributed by atoms with E-state index in [9.17, 15) is 4.79 Å². The zero-order valence-corrected chi connectivity index (χ0v) is 15.7. The van der Waals surface area contributed by atoms with Gasteiger partial charge in [0.25, 0.3) is 5.91 Å². The maximum atomic E-state index is 12.4. The molecule has 5 nitrogen and oxygen atoms in total. The Morgan fingerprint density at radius 1 is 1.28 bits per heavy atom. The summed E-state index contributed by atoms with van der Waals surface area (Å²) in [5, 5.41) is 9.25. The standard InChI is InChI=1S/C18H18ClN3O2S/c1-10(2)15-8-12(9-25-15)17(23)20-11(3)18-21-16(22-24-18)13-6-4-5-7-14(13)19/h4-11H,1-3H3,(H,20,23)/t11-/m1/s1. The molecule has 0 unspecified atom stereocenters. The first-order valence-electron chi connectivity index (χ1n) is 7.93. The topological polar surface area (TPSA) is 68.0 Å². The van der Waals surface area contributed by atoms with Gasteiger partial charge < -0.3 is 9.84 Å². The number of rotatable bonds is 5. The minimum atomic E-state index is -0.404. The van der Waals surface area contributed by atoms with Crippen LogP contribution in [0, 0.1) is 0 Å². The molecule has 1 amide bonds. The second kappa shape index (κ2) is 7.37. The van der Waals surface area contributed by atoms with Crippen LogP contribution in [0.15, 0.2) is 40.2 Å². The van der Waals surface area contributed by atoms with Crippen LogP contribution in [0.25, 0.3) is 11.4 Å². The third-order valence-electron chi connectivity index (χ3n) is 3.73. The normalized spacial score (nSPS) is 12.4. The second-order valence-electron chi connectivity index (χ2n) is 6.02. The smallest absolute Gasteiger partial charge is 0.252 e. The van der Waals surface area contributed by atoms with Crippen molar-refractivity contribution in [3.63, 3.8) is 0 Å². The van der Waals surface area contributed by atoms with Crippen LogP contribution >= 0.6 is 22.9 Å². The summed E-state index contributed by atoms with van der Waals surface area (Å²) in [6.07, 6.45) is 0. The van der Waals surface area contributed by atoms with Gasteiger partial charge in [-0.1, -0.05) is 42.7 Å². The van der Waals surface area contributed by atoms with Crippen LogP contribution in [0.4, 0.5) is 0 Å². The van der Waals surface area contributed by atoms with Crippen molar-refractivity contribution < 1.29 is 9.32 Å². The van der Waals surface area contributed by atoms with Crippen LogP contribution in [0.2, 0.25) is 5.02 Å². The summed E-state index contributed by atoms with van der Waals surface area (Å²) in [5.74, 6) is 0.980. The number of carbonyl (C=O) groups excluding carboxylic acids is 1. The number of hydrogen-bond acceptors (Lipinski definition) is 5. The number of benzene rings is 1. The van der Waals surface area contributed by atoms with Gasteiger partial charge in [-0.15, -0.1) is 11.3 Å². The van der Waals surface area contributed by atoms with Gasteiger partial charge in [0.05, 0.1) is 10.6 Å². The van der Waals surface area contributed by atoms with Crippen LogP contribution in [0.3, 0.4) is 0 Å². The highest BCUT2D eigenvalue weighted by atomic mass is 35.5. The van der Waals surface area contributed by atoms with E-state index in [1.165, 1.54) is 4.88 Å². The lowest BCUT2D eigenvalue weighted by Gasteiger charge is -2.08. The zero-order valence-electron chi connectivity index (χ0n) is 14.1. The van der Waals surface area contributed by atoms with Crippen LogP contribution < -0.4 is 5.32 Å². The molecule has 1 N–H and O–H groups in total. The Hall–Kier alpha value is -2.18. The molecule has 0 radical (unpaired) electrons. The molecule has 2 heterocycles. The molecular formula is C18H18ClN3O2S. The van der Waals surface area contributed by atoms with Crippen molar-refractivity contribution in [1.82, 2.24) is 15.5 Å². The van der Waals surface area contributed by atoms with Crippen LogP contribution in [-0.2, 0) is 0 Å². The first-order valence-corrected chi connectivity index (χ1v) is 9.19. The largest absolute Gasteiger partial charge is 0.340 e. The number of thiophene rings is 1. The molecular weight excluding hydrogens is 358 g/mol. The Morgan fingerprint density at radius 3 is 2.72 bits per heavy atom. The second-order valence-corrected chi connectivity index (χ2v) is 7.37. The predicted octanol–water partition coefficient (Wildman–Crippen LogP) is 5.07. The fourth-order valence-corrected chi connectivity index (χ4v) is 3.40. The number of hydrogen-bond donors (Lipinski definition) is 1. The Bertz CT molecular complexity index is 888. The van der Waals surface area contributed by atoms with Crippen molar-refractivity contribution in [2.75, 3.05) is 0 Å². The molecule has 2 aromatic heterocycles. The molecule has 0 bridgehead atoms. The minimum Gasteiger partial charge on any atom is -0.340 e. The Morgan fingerprint density at radius 2 is 2.04 bits per heavy atom. The van der Waals surface area contributed by atoms with Crippen LogP contribution in [0.5, 0.6) is 0 Å². The molecule has 0 aliphatic rings. The van der Waals surface area contributed by atoms with Crippen molar-refractivity contribution in [1.29, 1.82) is 0 Å². The highest BCUT2D eigenvalue weighted by Crippen LogP contribution is 2.26. The van der Waals surface area contributed by atoms with Crippen molar-refractivity contribution in [3.8, 4) is 11.4 Å². The molecule has 7 heteroatoms. The van der Waals surface area contributed by atoms with Gasteiger partial charge in [-0.25, -0.2) is 0 Å². The van der Waals surface area contributed by atoms with Gasteiger partial charge in [-0.2, -0.15) is 4.98 Å². The molecule has 0 aliphatic carbocycles. The number of amides is 1. The van der Waals surface area contributed by atoms with Gasteiger partial charge in [0.1, 0.15) is 6.04 Å². The lowest BCUT2D eigenvalue weighted by molar-refractivity contribution is 0.0933. The highest BCUT2D eigenvalue weighted by Gasteiger charge is 2.20. The maximum absolute atomic E-state index is 12.4. The van der Waals surface area contributed by atoms with Gasteiger partial charge >= 0.3 is 0 Å².